The number of halogens is 1. The molecule has 0 spiro atoms. The number of rotatable bonds is 4. The number of sulfone groups is 1. The highest BCUT2D eigenvalue weighted by Gasteiger charge is 2.34. The van der Waals surface area contributed by atoms with Crippen LogP contribution in [0.15, 0.2) is 23.4 Å². The first-order valence-corrected chi connectivity index (χ1v) is 9.62. The molecule has 0 aromatic carbocycles. The van der Waals surface area contributed by atoms with E-state index in [-0.39, 0.29) is 28.7 Å². The van der Waals surface area contributed by atoms with Gasteiger partial charge in [0.1, 0.15) is 0 Å². The molecule has 1 amide bonds. The van der Waals surface area contributed by atoms with Crippen molar-refractivity contribution < 1.29 is 13.2 Å². The summed E-state index contributed by atoms with van der Waals surface area (Å²) in [6, 6.07) is 3.27. The van der Waals surface area contributed by atoms with Gasteiger partial charge in [-0.25, -0.2) is 13.4 Å². The van der Waals surface area contributed by atoms with Crippen LogP contribution in [-0.2, 0) is 14.6 Å². The van der Waals surface area contributed by atoms with Crippen LogP contribution in [0.2, 0.25) is 5.02 Å². The Morgan fingerprint density at radius 3 is 2.76 bits per heavy atom. The predicted molar refractivity (Wildman–Crippen MR) is 84.4 cm³/mol. The third-order valence-corrected chi connectivity index (χ3v) is 6.46. The highest BCUT2D eigenvalue weighted by atomic mass is 35.5. The number of thioether (sulfide) groups is 1. The molecule has 0 N–H and O–H groups in total. The van der Waals surface area contributed by atoms with E-state index in [1.54, 1.807) is 31.0 Å². The second-order valence-corrected chi connectivity index (χ2v) is 9.11. The number of carbonyl (C=O) groups excluding carboxylic acids is 1. The molecule has 0 saturated carbocycles. The van der Waals surface area contributed by atoms with Gasteiger partial charge in [0.05, 0.1) is 26.8 Å². The third kappa shape index (κ3) is 4.34. The lowest BCUT2D eigenvalue weighted by Crippen LogP contribution is -2.41. The molecule has 1 aliphatic heterocycles. The first-order chi connectivity index (χ1) is 9.78. The fourth-order valence-electron chi connectivity index (χ4n) is 2.21. The minimum absolute atomic E-state index is 0.0613. The van der Waals surface area contributed by atoms with Gasteiger partial charge in [-0.2, -0.15) is 0 Å². The number of hydrogen-bond donors (Lipinski definition) is 0. The predicted octanol–water partition coefficient (Wildman–Crippen LogP) is 1.86. The van der Waals surface area contributed by atoms with Gasteiger partial charge in [0, 0.05) is 19.3 Å². The monoisotopic (exact) mass is 348 g/mol. The summed E-state index contributed by atoms with van der Waals surface area (Å²) in [7, 11) is -1.32. The molecule has 116 valence electrons. The first-order valence-electron chi connectivity index (χ1n) is 6.54. The van der Waals surface area contributed by atoms with Gasteiger partial charge in [-0.15, -0.1) is 0 Å². The Morgan fingerprint density at radius 2 is 2.24 bits per heavy atom. The number of pyridine rings is 1. The Morgan fingerprint density at radius 1 is 1.52 bits per heavy atom. The summed E-state index contributed by atoms with van der Waals surface area (Å²) in [4.78, 5) is 18.1. The van der Waals surface area contributed by atoms with Crippen molar-refractivity contribution in [2.75, 3.05) is 18.6 Å². The molecule has 0 radical (unpaired) electrons. The second-order valence-electron chi connectivity index (χ2n) is 5.08. The average molecular weight is 349 g/mol. The number of nitrogens with zero attached hydrogens (tertiary/aromatic N) is 2. The smallest absolute Gasteiger partial charge is 0.235 e. The molecule has 1 aromatic heterocycles. The molecule has 1 aliphatic rings. The molecule has 2 heterocycles. The van der Waals surface area contributed by atoms with Crippen molar-refractivity contribution in [2.24, 2.45) is 0 Å². The topological polar surface area (TPSA) is 67.3 Å². The van der Waals surface area contributed by atoms with E-state index in [1.165, 1.54) is 18.0 Å². The van der Waals surface area contributed by atoms with Gasteiger partial charge in [-0.3, -0.25) is 4.79 Å². The quantitative estimate of drug-likeness (QED) is 0.777. The maximum atomic E-state index is 12.4. The Kier molecular flexibility index (Phi) is 5.16. The summed E-state index contributed by atoms with van der Waals surface area (Å²) in [5, 5.41) is 0.936. The van der Waals surface area contributed by atoms with E-state index in [9.17, 15) is 13.2 Å². The summed E-state index contributed by atoms with van der Waals surface area (Å²) in [6.45, 7) is 1.79. The summed E-state index contributed by atoms with van der Waals surface area (Å²) in [6.07, 6.45) is 2.05. The third-order valence-electron chi connectivity index (χ3n) is 3.45. The van der Waals surface area contributed by atoms with Gasteiger partial charge in [-0.1, -0.05) is 23.4 Å². The zero-order valence-corrected chi connectivity index (χ0v) is 14.2. The van der Waals surface area contributed by atoms with Crippen LogP contribution in [0.1, 0.15) is 13.3 Å². The van der Waals surface area contributed by atoms with Crippen LogP contribution in [0.3, 0.4) is 0 Å². The molecular weight excluding hydrogens is 332 g/mol. The average Bonchev–Trinajstić information content (AvgIpc) is 2.80. The van der Waals surface area contributed by atoms with Gasteiger partial charge in [-0.05, 0) is 25.5 Å². The maximum Gasteiger partial charge on any atom is 0.235 e. The zero-order valence-electron chi connectivity index (χ0n) is 11.8. The van der Waals surface area contributed by atoms with Crippen molar-refractivity contribution in [1.29, 1.82) is 0 Å². The largest absolute Gasteiger partial charge is 0.341 e. The normalized spacial score (nSPS) is 22.0. The van der Waals surface area contributed by atoms with E-state index in [2.05, 4.69) is 4.98 Å². The van der Waals surface area contributed by atoms with Crippen LogP contribution in [-0.4, -0.2) is 54.1 Å². The fraction of sp³-hybridized carbons (Fsp3) is 0.538. The lowest BCUT2D eigenvalue weighted by Gasteiger charge is -2.26. The van der Waals surface area contributed by atoms with Crippen LogP contribution in [0.25, 0.3) is 0 Å². The summed E-state index contributed by atoms with van der Waals surface area (Å²) in [5.74, 6) is 0.139. The van der Waals surface area contributed by atoms with Crippen LogP contribution in [0.5, 0.6) is 0 Å². The van der Waals surface area contributed by atoms with Crippen molar-refractivity contribution in [3.05, 3.63) is 23.4 Å². The van der Waals surface area contributed by atoms with E-state index in [4.69, 9.17) is 11.6 Å². The zero-order chi connectivity index (χ0) is 15.6. The van der Waals surface area contributed by atoms with Crippen LogP contribution in [0, 0.1) is 0 Å². The van der Waals surface area contributed by atoms with Crippen LogP contribution >= 0.6 is 23.4 Å². The molecule has 1 saturated heterocycles. The van der Waals surface area contributed by atoms with E-state index in [0.29, 0.717) is 16.5 Å². The first kappa shape index (κ1) is 16.6. The van der Waals surface area contributed by atoms with Gasteiger partial charge in [0.25, 0.3) is 0 Å². The van der Waals surface area contributed by atoms with Gasteiger partial charge in [0.2, 0.25) is 5.91 Å². The minimum atomic E-state index is -2.99. The Balaban J connectivity index is 1.97. The highest BCUT2D eigenvalue weighted by molar-refractivity contribution is 8.00. The maximum absolute atomic E-state index is 12.4. The Bertz CT molecular complexity index is 619. The minimum Gasteiger partial charge on any atom is -0.341 e. The summed E-state index contributed by atoms with van der Waals surface area (Å²) in [5.41, 5.74) is 0. The van der Waals surface area contributed by atoms with Crippen molar-refractivity contribution in [2.45, 2.75) is 29.7 Å². The summed E-state index contributed by atoms with van der Waals surface area (Å²) >= 11 is 7.11. The molecular formula is C13H17ClN2O3S2. The van der Waals surface area contributed by atoms with Crippen molar-refractivity contribution in [3.8, 4) is 0 Å². The molecule has 5 nitrogen and oxygen atoms in total. The van der Waals surface area contributed by atoms with Crippen LogP contribution < -0.4 is 0 Å². The van der Waals surface area contributed by atoms with E-state index < -0.39 is 9.84 Å². The molecule has 2 rings (SSSR count). The van der Waals surface area contributed by atoms with Gasteiger partial charge < -0.3 is 4.90 Å². The molecule has 1 aromatic rings. The lowest BCUT2D eigenvalue weighted by atomic mass is 10.2. The Hall–Kier alpha value is -0.790. The molecule has 0 unspecified atom stereocenters. The van der Waals surface area contributed by atoms with E-state index in [1.807, 2.05) is 0 Å². The fourth-order valence-corrected chi connectivity index (χ4v) is 4.99. The van der Waals surface area contributed by atoms with E-state index >= 15 is 0 Å². The molecule has 0 aliphatic carbocycles. The van der Waals surface area contributed by atoms with Gasteiger partial charge >= 0.3 is 0 Å². The van der Waals surface area contributed by atoms with Gasteiger partial charge in [0.15, 0.2) is 9.84 Å². The van der Waals surface area contributed by atoms with Crippen molar-refractivity contribution >= 4 is 39.1 Å². The Labute approximate surface area is 134 Å². The number of carbonyl (C=O) groups is 1. The van der Waals surface area contributed by atoms with E-state index in [0.717, 1.165) is 0 Å². The van der Waals surface area contributed by atoms with Crippen molar-refractivity contribution in [3.63, 3.8) is 0 Å². The molecule has 0 bridgehead atoms. The SMILES string of the molecule is C[C@@H](Sc1ccc(Cl)cn1)C(=O)N(C)[C@H]1CCS(=O)(=O)C1. The second kappa shape index (κ2) is 6.54. The standard InChI is InChI=1S/C13H17ClN2O3S2/c1-9(20-12-4-3-10(14)7-15-12)13(17)16(2)11-5-6-21(18,19)8-11/h3-4,7,9,11H,5-6,8H2,1-2H3/t9-,11+/m1/s1. The van der Waals surface area contributed by atoms with Crippen LogP contribution in [0.4, 0.5) is 0 Å². The number of amides is 1. The summed E-state index contributed by atoms with van der Waals surface area (Å²) < 4.78 is 23.0. The molecule has 8 heteroatoms. The van der Waals surface area contributed by atoms with Crippen molar-refractivity contribution in [1.82, 2.24) is 9.88 Å². The lowest BCUT2D eigenvalue weighted by molar-refractivity contribution is -0.130. The molecule has 2 atom stereocenters. The number of aromatic nitrogens is 1. The molecule has 1 fully saturated rings. The molecule has 21 heavy (non-hydrogen) atoms. The highest BCUT2D eigenvalue weighted by Crippen LogP contribution is 2.25. The number of hydrogen-bond acceptors (Lipinski definition) is 5.